The first-order valence-corrected chi connectivity index (χ1v) is 7.82. The third kappa shape index (κ3) is 5.38. The molecule has 1 fully saturated rings. The Hall–Kier alpha value is -1.55. The van der Waals surface area contributed by atoms with E-state index in [1.807, 2.05) is 30.3 Å². The molecule has 0 radical (unpaired) electrons. The van der Waals surface area contributed by atoms with Gasteiger partial charge in [0.25, 0.3) is 0 Å². The summed E-state index contributed by atoms with van der Waals surface area (Å²) in [5, 5.41) is 0. The van der Waals surface area contributed by atoms with Gasteiger partial charge >= 0.3 is 6.09 Å². The van der Waals surface area contributed by atoms with Gasteiger partial charge in [0, 0.05) is 19.6 Å². The van der Waals surface area contributed by atoms with Gasteiger partial charge in [-0.1, -0.05) is 56.0 Å². The molecule has 0 bridgehead atoms. The topological polar surface area (TPSA) is 55.6 Å². The highest BCUT2D eigenvalue weighted by atomic mass is 16.6. The highest BCUT2D eigenvalue weighted by Crippen LogP contribution is 2.28. The maximum Gasteiger partial charge on any atom is 0.409 e. The highest BCUT2D eigenvalue weighted by Gasteiger charge is 2.20. The van der Waals surface area contributed by atoms with E-state index in [2.05, 4.69) is 0 Å². The van der Waals surface area contributed by atoms with E-state index in [0.29, 0.717) is 13.2 Å². The van der Waals surface area contributed by atoms with Gasteiger partial charge in [0.15, 0.2) is 0 Å². The number of benzene rings is 1. The molecule has 0 unspecified atom stereocenters. The first kappa shape index (κ1) is 15.8. The highest BCUT2D eigenvalue weighted by molar-refractivity contribution is 5.67. The molecule has 1 aliphatic carbocycles. The summed E-state index contributed by atoms with van der Waals surface area (Å²) < 4.78 is 5.29. The normalized spacial score (nSPS) is 16.7. The molecule has 0 aliphatic heterocycles. The molecule has 1 amide bonds. The molecular formula is C17H26N2O2. The van der Waals surface area contributed by atoms with Gasteiger partial charge in [0.05, 0.1) is 0 Å². The van der Waals surface area contributed by atoms with Crippen molar-refractivity contribution in [2.45, 2.75) is 44.8 Å². The van der Waals surface area contributed by atoms with Crippen LogP contribution >= 0.6 is 0 Å². The number of amides is 1. The summed E-state index contributed by atoms with van der Waals surface area (Å²) in [6.45, 7) is 0.867. The maximum atomic E-state index is 11.9. The molecule has 1 aromatic carbocycles. The second kappa shape index (κ2) is 8.03. The van der Waals surface area contributed by atoms with Crippen LogP contribution in [0.15, 0.2) is 30.3 Å². The number of carbonyl (C=O) groups excluding carboxylic acids is 1. The molecule has 0 aromatic heterocycles. The number of ether oxygens (including phenoxy) is 1. The van der Waals surface area contributed by atoms with Gasteiger partial charge in [-0.25, -0.2) is 4.79 Å². The molecule has 1 aromatic rings. The lowest BCUT2D eigenvalue weighted by Crippen LogP contribution is -2.39. The molecule has 4 nitrogen and oxygen atoms in total. The van der Waals surface area contributed by atoms with Crippen LogP contribution in [0.1, 0.15) is 37.7 Å². The Morgan fingerprint density at radius 1 is 1.33 bits per heavy atom. The minimum atomic E-state index is -0.305. The number of hydrogen-bond acceptors (Lipinski definition) is 3. The average molecular weight is 290 g/mol. The van der Waals surface area contributed by atoms with Gasteiger partial charge in [-0.2, -0.15) is 0 Å². The van der Waals surface area contributed by atoms with Crippen LogP contribution in [-0.4, -0.2) is 30.6 Å². The molecule has 0 spiro atoms. The number of carbonyl (C=O) groups is 1. The Balaban J connectivity index is 1.69. The lowest BCUT2D eigenvalue weighted by Gasteiger charge is -2.23. The number of hydrogen-bond donors (Lipinski definition) is 1. The predicted molar refractivity (Wildman–Crippen MR) is 83.8 cm³/mol. The van der Waals surface area contributed by atoms with Crippen molar-refractivity contribution in [2.24, 2.45) is 11.7 Å². The van der Waals surface area contributed by atoms with Crippen molar-refractivity contribution < 1.29 is 9.53 Å². The van der Waals surface area contributed by atoms with Crippen molar-refractivity contribution in [2.75, 3.05) is 13.6 Å². The average Bonchev–Trinajstić information content (AvgIpc) is 2.98. The zero-order valence-corrected chi connectivity index (χ0v) is 12.8. The summed E-state index contributed by atoms with van der Waals surface area (Å²) in [6, 6.07) is 9.74. The second-order valence-corrected chi connectivity index (χ2v) is 6.07. The molecule has 21 heavy (non-hydrogen) atoms. The fraction of sp³-hybridized carbons (Fsp3) is 0.588. The van der Waals surface area contributed by atoms with Crippen LogP contribution in [0.4, 0.5) is 4.79 Å². The Bertz CT molecular complexity index is 430. The van der Waals surface area contributed by atoms with E-state index in [0.717, 1.165) is 17.9 Å². The number of rotatable bonds is 6. The fourth-order valence-electron chi connectivity index (χ4n) is 3.00. The van der Waals surface area contributed by atoms with E-state index in [1.165, 1.54) is 25.7 Å². The van der Waals surface area contributed by atoms with Crippen molar-refractivity contribution in [1.82, 2.24) is 4.90 Å². The van der Waals surface area contributed by atoms with Crippen molar-refractivity contribution in [3.05, 3.63) is 35.9 Å². The molecule has 1 saturated carbocycles. The first-order chi connectivity index (χ1) is 10.1. The summed E-state index contributed by atoms with van der Waals surface area (Å²) in [6.07, 6.45) is 5.93. The standard InChI is InChI=1S/C17H26N2O2/c1-19(12-16(18)11-14-7-5-6-8-14)17(20)21-13-15-9-3-2-4-10-15/h2-4,9-10,14,16H,5-8,11-13,18H2,1H3/t16-/m0/s1. The van der Waals surface area contributed by atoms with Gasteiger partial charge in [-0.05, 0) is 17.9 Å². The van der Waals surface area contributed by atoms with Gasteiger partial charge in [0.1, 0.15) is 6.61 Å². The minimum absolute atomic E-state index is 0.0439. The van der Waals surface area contributed by atoms with E-state index >= 15 is 0 Å². The molecule has 2 rings (SSSR count). The van der Waals surface area contributed by atoms with Crippen LogP contribution < -0.4 is 5.73 Å². The van der Waals surface area contributed by atoms with Gasteiger partial charge < -0.3 is 15.4 Å². The van der Waals surface area contributed by atoms with Crippen molar-refractivity contribution in [1.29, 1.82) is 0 Å². The zero-order valence-electron chi connectivity index (χ0n) is 12.8. The number of nitrogens with two attached hydrogens (primary N) is 1. The van der Waals surface area contributed by atoms with E-state index in [9.17, 15) is 4.79 Å². The third-order valence-electron chi connectivity index (χ3n) is 4.14. The number of likely N-dealkylation sites (N-methyl/N-ethyl adjacent to an activating group) is 1. The van der Waals surface area contributed by atoms with Gasteiger partial charge in [0.2, 0.25) is 0 Å². The zero-order chi connectivity index (χ0) is 15.1. The monoisotopic (exact) mass is 290 g/mol. The molecule has 1 atom stereocenters. The predicted octanol–water partition coefficient (Wildman–Crippen LogP) is 3.16. The quantitative estimate of drug-likeness (QED) is 0.875. The molecule has 2 N–H and O–H groups in total. The molecule has 4 heteroatoms. The Kier molecular flexibility index (Phi) is 6.05. The molecule has 116 valence electrons. The maximum absolute atomic E-state index is 11.9. The SMILES string of the molecule is CN(C[C@@H](N)CC1CCCC1)C(=O)OCc1ccccc1. The van der Waals surface area contributed by atoms with Gasteiger partial charge in [-0.15, -0.1) is 0 Å². The summed E-state index contributed by atoms with van der Waals surface area (Å²) >= 11 is 0. The Labute approximate surface area is 127 Å². The second-order valence-electron chi connectivity index (χ2n) is 6.07. The van der Waals surface area contributed by atoms with Crippen LogP contribution in [0.2, 0.25) is 0 Å². The third-order valence-corrected chi connectivity index (χ3v) is 4.14. The van der Waals surface area contributed by atoms with E-state index < -0.39 is 0 Å². The fourth-order valence-corrected chi connectivity index (χ4v) is 3.00. The van der Waals surface area contributed by atoms with Crippen LogP contribution in [0.25, 0.3) is 0 Å². The minimum Gasteiger partial charge on any atom is -0.445 e. The smallest absolute Gasteiger partial charge is 0.409 e. The first-order valence-electron chi connectivity index (χ1n) is 7.82. The molecule has 0 saturated heterocycles. The van der Waals surface area contributed by atoms with Gasteiger partial charge in [-0.3, -0.25) is 0 Å². The lowest BCUT2D eigenvalue weighted by molar-refractivity contribution is 0.102. The summed E-state index contributed by atoms with van der Waals surface area (Å²) in [7, 11) is 1.75. The van der Waals surface area contributed by atoms with Crippen molar-refractivity contribution in [3.8, 4) is 0 Å². The Morgan fingerprint density at radius 2 is 2.00 bits per heavy atom. The summed E-state index contributed by atoms with van der Waals surface area (Å²) in [5.41, 5.74) is 7.14. The van der Waals surface area contributed by atoms with Crippen LogP contribution in [0.3, 0.4) is 0 Å². The van der Waals surface area contributed by atoms with E-state index in [4.69, 9.17) is 10.5 Å². The van der Waals surface area contributed by atoms with Crippen LogP contribution in [0, 0.1) is 5.92 Å². The van der Waals surface area contributed by atoms with E-state index in [-0.39, 0.29) is 12.1 Å². The van der Waals surface area contributed by atoms with Crippen molar-refractivity contribution in [3.63, 3.8) is 0 Å². The largest absolute Gasteiger partial charge is 0.445 e. The summed E-state index contributed by atoms with van der Waals surface area (Å²) in [4.78, 5) is 13.5. The van der Waals surface area contributed by atoms with Crippen LogP contribution in [0.5, 0.6) is 0 Å². The molecular weight excluding hydrogens is 264 g/mol. The lowest BCUT2D eigenvalue weighted by atomic mass is 9.99. The molecule has 0 heterocycles. The summed E-state index contributed by atoms with van der Waals surface area (Å²) in [5.74, 6) is 0.744. The Morgan fingerprint density at radius 3 is 2.67 bits per heavy atom. The van der Waals surface area contributed by atoms with E-state index in [1.54, 1.807) is 11.9 Å². The van der Waals surface area contributed by atoms with Crippen molar-refractivity contribution >= 4 is 6.09 Å². The number of nitrogens with zero attached hydrogens (tertiary/aromatic N) is 1. The van der Waals surface area contributed by atoms with Crippen LogP contribution in [-0.2, 0) is 11.3 Å². The molecule has 1 aliphatic rings.